The molecular formula is C23H23ClN4O2S. The van der Waals surface area contributed by atoms with E-state index < -0.39 is 0 Å². The number of benzene rings is 2. The fraction of sp³-hybridized carbons (Fsp3) is 0.261. The van der Waals surface area contributed by atoms with Crippen LogP contribution >= 0.6 is 24.2 Å². The van der Waals surface area contributed by atoms with E-state index >= 15 is 0 Å². The number of aromatic nitrogens is 2. The van der Waals surface area contributed by atoms with Crippen LogP contribution in [-0.4, -0.2) is 57.9 Å². The molecule has 160 valence electrons. The van der Waals surface area contributed by atoms with Gasteiger partial charge in [-0.1, -0.05) is 24.3 Å². The van der Waals surface area contributed by atoms with Gasteiger partial charge in [0.2, 0.25) is 0 Å². The first kappa shape index (κ1) is 21.6. The van der Waals surface area contributed by atoms with Gasteiger partial charge in [-0.2, -0.15) is 11.8 Å². The van der Waals surface area contributed by atoms with Gasteiger partial charge in [-0.3, -0.25) is 18.9 Å². The molecule has 1 aliphatic rings. The number of fused-ring (bicyclic) bond motifs is 3. The Balaban J connectivity index is 0.00000231. The molecule has 0 bridgehead atoms. The van der Waals surface area contributed by atoms with Gasteiger partial charge in [-0.05, 0) is 35.0 Å². The van der Waals surface area contributed by atoms with E-state index in [9.17, 15) is 9.59 Å². The van der Waals surface area contributed by atoms with Crippen molar-refractivity contribution in [3.63, 3.8) is 0 Å². The first-order valence-electron chi connectivity index (χ1n) is 10.1. The zero-order valence-corrected chi connectivity index (χ0v) is 18.5. The van der Waals surface area contributed by atoms with Crippen LogP contribution in [0.1, 0.15) is 10.4 Å². The Hall–Kier alpha value is -2.61. The topological polar surface area (TPSA) is 66.7 Å². The van der Waals surface area contributed by atoms with E-state index in [1.54, 1.807) is 18.3 Å². The predicted octanol–water partition coefficient (Wildman–Crippen LogP) is 3.20. The van der Waals surface area contributed by atoms with Crippen molar-refractivity contribution < 1.29 is 4.79 Å². The Morgan fingerprint density at radius 2 is 1.81 bits per heavy atom. The van der Waals surface area contributed by atoms with Gasteiger partial charge >= 0.3 is 0 Å². The summed E-state index contributed by atoms with van der Waals surface area (Å²) in [4.78, 5) is 33.0. The van der Waals surface area contributed by atoms with Crippen molar-refractivity contribution in [2.45, 2.75) is 0 Å². The number of hydrogen-bond donors (Lipinski definition) is 1. The highest BCUT2D eigenvalue weighted by molar-refractivity contribution is 7.99. The van der Waals surface area contributed by atoms with Crippen molar-refractivity contribution in [3.8, 4) is 0 Å². The van der Waals surface area contributed by atoms with Crippen molar-refractivity contribution in [1.82, 2.24) is 19.6 Å². The molecule has 0 unspecified atom stereocenters. The molecule has 6 nitrogen and oxygen atoms in total. The van der Waals surface area contributed by atoms with Crippen LogP contribution in [0.15, 0.2) is 59.5 Å². The number of nitrogens with one attached hydrogen (secondary N) is 1. The summed E-state index contributed by atoms with van der Waals surface area (Å²) >= 11 is 1.97. The maximum absolute atomic E-state index is 13.1. The second-order valence-electron chi connectivity index (χ2n) is 7.46. The Morgan fingerprint density at radius 3 is 2.58 bits per heavy atom. The average Bonchev–Trinajstić information content (AvgIpc) is 2.78. The number of halogens is 1. The molecule has 1 fully saturated rings. The van der Waals surface area contributed by atoms with Gasteiger partial charge in [0.05, 0.1) is 16.5 Å². The molecule has 2 aromatic heterocycles. The summed E-state index contributed by atoms with van der Waals surface area (Å²) in [5, 5.41) is 5.55. The lowest BCUT2D eigenvalue weighted by atomic mass is 10.1. The van der Waals surface area contributed by atoms with Crippen molar-refractivity contribution >= 4 is 57.4 Å². The van der Waals surface area contributed by atoms with E-state index in [0.717, 1.165) is 41.9 Å². The highest BCUT2D eigenvalue weighted by Gasteiger charge is 2.16. The van der Waals surface area contributed by atoms with Gasteiger partial charge in [0.1, 0.15) is 0 Å². The fourth-order valence-corrected chi connectivity index (χ4v) is 4.92. The van der Waals surface area contributed by atoms with Crippen molar-refractivity contribution in [3.05, 3.63) is 70.6 Å². The largest absolute Gasteiger partial charge is 0.351 e. The van der Waals surface area contributed by atoms with Crippen molar-refractivity contribution in [2.24, 2.45) is 0 Å². The number of carbonyl (C=O) groups is 1. The lowest BCUT2D eigenvalue weighted by Crippen LogP contribution is -2.39. The molecule has 31 heavy (non-hydrogen) atoms. The minimum atomic E-state index is -0.202. The first-order chi connectivity index (χ1) is 14.7. The average molecular weight is 455 g/mol. The molecule has 0 atom stereocenters. The maximum atomic E-state index is 13.1. The second-order valence-corrected chi connectivity index (χ2v) is 8.68. The number of amides is 1. The van der Waals surface area contributed by atoms with Gasteiger partial charge in [0.15, 0.2) is 5.65 Å². The van der Waals surface area contributed by atoms with E-state index in [0.29, 0.717) is 28.7 Å². The number of carbonyl (C=O) groups excluding carboxylic acids is 1. The van der Waals surface area contributed by atoms with Crippen LogP contribution in [0.5, 0.6) is 0 Å². The molecule has 4 aromatic rings. The normalized spacial score (nSPS) is 14.6. The Bertz CT molecular complexity index is 1320. The standard InChI is InChI=1S/C23H22N4O2S.ClH/c28-22(24-7-9-26-10-12-30-13-11-26)18-6-3-8-27-21(18)25-20-15-17-5-2-1-4-16(17)14-19(20)23(27)29;/h1-6,8,14-15H,7,9-13H2,(H,24,28);1H. The molecule has 1 N–H and O–H groups in total. The number of rotatable bonds is 4. The lowest BCUT2D eigenvalue weighted by molar-refractivity contribution is 0.0950. The molecule has 3 heterocycles. The minimum absolute atomic E-state index is 0. The van der Waals surface area contributed by atoms with Crippen molar-refractivity contribution in [2.75, 3.05) is 37.7 Å². The summed E-state index contributed by atoms with van der Waals surface area (Å²) in [6.07, 6.45) is 1.67. The van der Waals surface area contributed by atoms with E-state index in [-0.39, 0.29) is 23.9 Å². The van der Waals surface area contributed by atoms with Gasteiger partial charge in [-0.25, -0.2) is 4.98 Å². The summed E-state index contributed by atoms with van der Waals surface area (Å²) in [6.45, 7) is 3.53. The van der Waals surface area contributed by atoms with E-state index in [1.807, 2.05) is 48.2 Å². The molecule has 0 aliphatic carbocycles. The van der Waals surface area contributed by atoms with Crippen LogP contribution in [0.4, 0.5) is 0 Å². The number of pyridine rings is 1. The fourth-order valence-electron chi connectivity index (χ4n) is 3.94. The third-order valence-electron chi connectivity index (χ3n) is 5.57. The van der Waals surface area contributed by atoms with Gasteiger partial charge in [0.25, 0.3) is 11.5 Å². The van der Waals surface area contributed by atoms with Crippen LogP contribution in [-0.2, 0) is 0 Å². The van der Waals surface area contributed by atoms with E-state index in [1.165, 1.54) is 4.40 Å². The van der Waals surface area contributed by atoms with E-state index in [2.05, 4.69) is 10.2 Å². The van der Waals surface area contributed by atoms with Crippen LogP contribution in [0, 0.1) is 0 Å². The zero-order chi connectivity index (χ0) is 20.5. The highest BCUT2D eigenvalue weighted by atomic mass is 35.5. The monoisotopic (exact) mass is 454 g/mol. The van der Waals surface area contributed by atoms with Gasteiger partial charge in [-0.15, -0.1) is 12.4 Å². The summed E-state index contributed by atoms with van der Waals surface area (Å²) in [5.41, 5.74) is 1.24. The number of hydrogen-bond acceptors (Lipinski definition) is 5. The van der Waals surface area contributed by atoms with E-state index in [4.69, 9.17) is 4.98 Å². The summed E-state index contributed by atoms with van der Waals surface area (Å²) in [5.74, 6) is 2.09. The lowest BCUT2D eigenvalue weighted by Gasteiger charge is -2.26. The Kier molecular flexibility index (Phi) is 6.46. The molecule has 2 aromatic carbocycles. The van der Waals surface area contributed by atoms with Gasteiger partial charge < -0.3 is 5.32 Å². The van der Waals surface area contributed by atoms with Crippen molar-refractivity contribution in [1.29, 1.82) is 0 Å². The summed E-state index contributed by atoms with van der Waals surface area (Å²) in [7, 11) is 0. The molecular weight excluding hydrogens is 432 g/mol. The maximum Gasteiger partial charge on any atom is 0.265 e. The van der Waals surface area contributed by atoms with Gasteiger partial charge in [0, 0.05) is 43.9 Å². The summed E-state index contributed by atoms with van der Waals surface area (Å²) in [6, 6.07) is 15.1. The SMILES string of the molecule is Cl.O=C(NCCN1CCSCC1)c1cccn2c(=O)c3cc4ccccc4cc3nc12. The quantitative estimate of drug-likeness (QED) is 0.480. The van der Waals surface area contributed by atoms with Crippen LogP contribution in [0.2, 0.25) is 0 Å². The molecule has 1 aliphatic heterocycles. The highest BCUT2D eigenvalue weighted by Crippen LogP contribution is 2.20. The predicted molar refractivity (Wildman–Crippen MR) is 130 cm³/mol. The molecule has 1 saturated heterocycles. The molecule has 0 radical (unpaired) electrons. The minimum Gasteiger partial charge on any atom is -0.351 e. The van der Waals surface area contributed by atoms with Crippen LogP contribution in [0.3, 0.4) is 0 Å². The van der Waals surface area contributed by atoms with Crippen LogP contribution in [0.25, 0.3) is 27.3 Å². The number of thioether (sulfide) groups is 1. The Morgan fingerprint density at radius 1 is 1.06 bits per heavy atom. The molecule has 1 amide bonds. The third kappa shape index (κ3) is 4.26. The molecule has 0 spiro atoms. The third-order valence-corrected chi connectivity index (χ3v) is 6.51. The summed E-state index contributed by atoms with van der Waals surface area (Å²) < 4.78 is 1.47. The molecule has 8 heteroatoms. The van der Waals surface area contributed by atoms with Crippen LogP contribution < -0.4 is 10.9 Å². The smallest absolute Gasteiger partial charge is 0.265 e. The molecule has 5 rings (SSSR count). The zero-order valence-electron chi connectivity index (χ0n) is 16.9. The molecule has 0 saturated carbocycles. The first-order valence-corrected chi connectivity index (χ1v) is 11.3. The Labute approximate surface area is 190 Å². The number of nitrogens with zero attached hydrogens (tertiary/aromatic N) is 3. The second kappa shape index (κ2) is 9.26.